The third-order valence-corrected chi connectivity index (χ3v) is 9.43. The van der Waals surface area contributed by atoms with Gasteiger partial charge in [-0.2, -0.15) is 0 Å². The number of aromatic nitrogens is 4. The lowest BCUT2D eigenvalue weighted by Crippen LogP contribution is -2.43. The number of hydrogen-bond donors (Lipinski definition) is 0. The van der Waals surface area contributed by atoms with E-state index in [-0.39, 0.29) is 17.9 Å². The van der Waals surface area contributed by atoms with Gasteiger partial charge in [0, 0.05) is 38.9 Å². The Bertz CT molecular complexity index is 1590. The molecule has 2 aliphatic rings. The molecule has 47 heavy (non-hydrogen) atoms. The first-order valence-corrected chi connectivity index (χ1v) is 17.3. The largest absolute Gasteiger partial charge is 0.460 e. The first-order valence-electron chi connectivity index (χ1n) is 17.3. The summed E-state index contributed by atoms with van der Waals surface area (Å²) in [5.74, 6) is 0.935. The zero-order valence-electron chi connectivity index (χ0n) is 28.0. The fourth-order valence-electron chi connectivity index (χ4n) is 6.82. The Morgan fingerprint density at radius 3 is 2.00 bits per heavy atom. The van der Waals surface area contributed by atoms with E-state index in [9.17, 15) is 14.4 Å². The molecular weight excluding hydrogens is 600 g/mol. The van der Waals surface area contributed by atoms with Gasteiger partial charge in [0.1, 0.15) is 12.4 Å². The molecule has 0 bridgehead atoms. The van der Waals surface area contributed by atoms with Crippen LogP contribution in [0.2, 0.25) is 0 Å². The van der Waals surface area contributed by atoms with Gasteiger partial charge in [0.2, 0.25) is 0 Å². The molecule has 1 aromatic carbocycles. The highest BCUT2D eigenvalue weighted by atomic mass is 16.6. The minimum atomic E-state index is -0.454. The third-order valence-electron chi connectivity index (χ3n) is 9.43. The van der Waals surface area contributed by atoms with Crippen LogP contribution in [-0.4, -0.2) is 71.4 Å². The van der Waals surface area contributed by atoms with Gasteiger partial charge in [-0.1, -0.05) is 62.8 Å². The molecule has 0 spiro atoms. The van der Waals surface area contributed by atoms with E-state index in [1.165, 1.54) is 36.3 Å². The molecule has 5 rings (SSSR count). The van der Waals surface area contributed by atoms with Crippen molar-refractivity contribution in [2.24, 2.45) is 18.9 Å². The average Bonchev–Trinajstić information content (AvgIpc) is 3.44. The highest BCUT2D eigenvalue weighted by Crippen LogP contribution is 2.28. The maximum Gasteiger partial charge on any atom is 0.332 e. The van der Waals surface area contributed by atoms with Gasteiger partial charge in [-0.3, -0.25) is 13.9 Å². The molecule has 2 fully saturated rings. The molecule has 256 valence electrons. The van der Waals surface area contributed by atoms with Gasteiger partial charge in [-0.25, -0.2) is 14.6 Å². The van der Waals surface area contributed by atoms with Crippen LogP contribution in [0.3, 0.4) is 0 Å². The molecule has 0 N–H and O–H groups in total. The molecule has 0 atom stereocenters. The Kier molecular flexibility index (Phi) is 13.0. The standard InChI is InChI=1S/C36H50N4O7/c1-38-32-34(39(25-28-9-5-3-6-10-28)36(43)40(35(32)42)26-29-11-7-4-8-12-29)37-33(38)30-16-13-27(14-17-30)15-18-31(41)47-24-23-46-22-21-45-20-19-44-2/h13-18,28-29H,3-12,19-26H2,1-2H3/b18-15+. The number of rotatable bonds is 16. The zero-order chi connectivity index (χ0) is 33.0. The van der Waals surface area contributed by atoms with E-state index in [1.54, 1.807) is 17.8 Å². The van der Waals surface area contributed by atoms with Crippen LogP contribution >= 0.6 is 0 Å². The van der Waals surface area contributed by atoms with Crippen LogP contribution in [0.1, 0.15) is 69.8 Å². The van der Waals surface area contributed by atoms with E-state index in [0.717, 1.165) is 49.7 Å². The van der Waals surface area contributed by atoms with Crippen LogP contribution in [0.5, 0.6) is 0 Å². The SMILES string of the molecule is COCCOCCOCCOC(=O)/C=C/c1ccc(-c2nc3c(c(=O)n(CC4CCCCC4)c(=O)n3CC3CCCCC3)n2C)cc1. The molecule has 0 unspecified atom stereocenters. The Labute approximate surface area is 276 Å². The maximum atomic E-state index is 14.0. The number of ether oxygens (including phenoxy) is 4. The van der Waals surface area contributed by atoms with Gasteiger partial charge < -0.3 is 23.5 Å². The topological polar surface area (TPSA) is 116 Å². The summed E-state index contributed by atoms with van der Waals surface area (Å²) < 4.78 is 25.9. The van der Waals surface area contributed by atoms with Crippen molar-refractivity contribution in [3.8, 4) is 11.4 Å². The van der Waals surface area contributed by atoms with Crippen LogP contribution in [0.4, 0.5) is 0 Å². The Hall–Kier alpha value is -3.54. The van der Waals surface area contributed by atoms with Crippen molar-refractivity contribution in [3.05, 3.63) is 56.7 Å². The predicted octanol–water partition coefficient (Wildman–Crippen LogP) is 4.96. The summed E-state index contributed by atoms with van der Waals surface area (Å²) in [5, 5.41) is 0. The first-order chi connectivity index (χ1) is 23.0. The fraction of sp³-hybridized carbons (Fsp3) is 0.611. The third kappa shape index (κ3) is 9.30. The maximum absolute atomic E-state index is 14.0. The monoisotopic (exact) mass is 650 g/mol. The van der Waals surface area contributed by atoms with Crippen LogP contribution in [-0.2, 0) is 43.9 Å². The van der Waals surface area contributed by atoms with Crippen molar-refractivity contribution >= 4 is 23.2 Å². The second-order valence-corrected chi connectivity index (χ2v) is 12.8. The number of hydrogen-bond acceptors (Lipinski definition) is 8. The molecule has 2 aromatic heterocycles. The Morgan fingerprint density at radius 2 is 1.38 bits per heavy atom. The minimum Gasteiger partial charge on any atom is -0.460 e. The van der Waals surface area contributed by atoms with E-state index in [2.05, 4.69) is 0 Å². The number of carbonyl (C=O) groups is 1. The van der Waals surface area contributed by atoms with E-state index in [1.807, 2.05) is 35.9 Å². The summed E-state index contributed by atoms with van der Waals surface area (Å²) in [6, 6.07) is 7.61. The van der Waals surface area contributed by atoms with Gasteiger partial charge in [0.15, 0.2) is 11.2 Å². The van der Waals surface area contributed by atoms with Gasteiger partial charge in [0.25, 0.3) is 5.56 Å². The molecule has 0 aliphatic heterocycles. The van der Waals surface area contributed by atoms with Crippen molar-refractivity contribution in [1.82, 2.24) is 18.7 Å². The summed E-state index contributed by atoms with van der Waals surface area (Å²) in [7, 11) is 3.48. The first kappa shape index (κ1) is 34.8. The lowest BCUT2D eigenvalue weighted by molar-refractivity contribution is -0.139. The van der Waals surface area contributed by atoms with Crippen molar-refractivity contribution in [2.45, 2.75) is 77.3 Å². The zero-order valence-corrected chi connectivity index (χ0v) is 28.0. The molecule has 2 heterocycles. The highest BCUT2D eigenvalue weighted by molar-refractivity contribution is 5.87. The number of methoxy groups -OCH3 is 1. The number of benzene rings is 1. The number of carbonyl (C=O) groups excluding carboxylic acids is 1. The van der Waals surface area contributed by atoms with E-state index in [4.69, 9.17) is 23.9 Å². The summed E-state index contributed by atoms with van der Waals surface area (Å²) in [6.07, 6.45) is 14.5. The van der Waals surface area contributed by atoms with E-state index < -0.39 is 5.97 Å². The molecule has 11 heteroatoms. The van der Waals surface area contributed by atoms with Crippen LogP contribution in [0.15, 0.2) is 39.9 Å². The number of aryl methyl sites for hydroxylation is 1. The molecule has 0 radical (unpaired) electrons. The van der Waals surface area contributed by atoms with Crippen molar-refractivity contribution in [2.75, 3.05) is 46.8 Å². The summed E-state index contributed by atoms with van der Waals surface area (Å²) in [4.78, 5) is 45.0. The van der Waals surface area contributed by atoms with Crippen LogP contribution in [0.25, 0.3) is 28.6 Å². The highest BCUT2D eigenvalue weighted by Gasteiger charge is 2.25. The van der Waals surface area contributed by atoms with Crippen molar-refractivity contribution < 1.29 is 23.7 Å². The normalized spacial score (nSPS) is 16.4. The fourth-order valence-corrected chi connectivity index (χ4v) is 6.82. The van der Waals surface area contributed by atoms with Gasteiger partial charge in [0.05, 0.1) is 33.0 Å². The van der Waals surface area contributed by atoms with Crippen LogP contribution in [0, 0.1) is 11.8 Å². The summed E-state index contributed by atoms with van der Waals surface area (Å²) in [6.45, 7) is 3.44. The Morgan fingerprint density at radius 1 is 0.809 bits per heavy atom. The molecule has 2 aliphatic carbocycles. The van der Waals surface area contributed by atoms with Gasteiger partial charge in [-0.15, -0.1) is 0 Å². The van der Waals surface area contributed by atoms with E-state index >= 15 is 0 Å². The lowest BCUT2D eigenvalue weighted by atomic mass is 9.89. The van der Waals surface area contributed by atoms with Gasteiger partial charge in [-0.05, 0) is 49.2 Å². The minimum absolute atomic E-state index is 0.154. The second-order valence-electron chi connectivity index (χ2n) is 12.8. The average molecular weight is 651 g/mol. The van der Waals surface area contributed by atoms with Crippen LogP contribution < -0.4 is 11.2 Å². The summed E-state index contributed by atoms with van der Waals surface area (Å²) >= 11 is 0. The molecule has 2 saturated carbocycles. The smallest absolute Gasteiger partial charge is 0.332 e. The number of esters is 1. The molecule has 0 saturated heterocycles. The number of nitrogens with zero attached hydrogens (tertiary/aromatic N) is 4. The number of imidazole rings is 1. The Balaban J connectivity index is 1.29. The molecule has 0 amide bonds. The van der Waals surface area contributed by atoms with Crippen molar-refractivity contribution in [3.63, 3.8) is 0 Å². The predicted molar refractivity (Wildman–Crippen MR) is 181 cm³/mol. The van der Waals surface area contributed by atoms with E-state index in [0.29, 0.717) is 74.9 Å². The summed E-state index contributed by atoms with van der Waals surface area (Å²) in [5.41, 5.74) is 2.10. The number of fused-ring (bicyclic) bond motifs is 1. The molecular formula is C36H50N4O7. The lowest BCUT2D eigenvalue weighted by Gasteiger charge is -2.24. The molecule has 3 aromatic rings. The quantitative estimate of drug-likeness (QED) is 0.121. The van der Waals surface area contributed by atoms with Crippen molar-refractivity contribution in [1.29, 1.82) is 0 Å². The van der Waals surface area contributed by atoms with Gasteiger partial charge >= 0.3 is 11.7 Å². The molecule has 11 nitrogen and oxygen atoms in total. The second kappa shape index (κ2) is 17.6.